The van der Waals surface area contributed by atoms with E-state index in [1.807, 2.05) is 26.8 Å². The summed E-state index contributed by atoms with van der Waals surface area (Å²) in [6.45, 7) is 8.67. The molecule has 6 nitrogen and oxygen atoms in total. The van der Waals surface area contributed by atoms with Crippen LogP contribution >= 0.6 is 0 Å². The van der Waals surface area contributed by atoms with Gasteiger partial charge >= 0.3 is 0 Å². The van der Waals surface area contributed by atoms with Crippen LogP contribution in [-0.4, -0.2) is 47.1 Å². The molecule has 2 heterocycles. The molecule has 0 bridgehead atoms. The van der Waals surface area contributed by atoms with Crippen molar-refractivity contribution in [1.29, 1.82) is 0 Å². The van der Waals surface area contributed by atoms with Gasteiger partial charge in [-0.2, -0.15) is 0 Å². The van der Waals surface area contributed by atoms with Gasteiger partial charge in [-0.05, 0) is 82.5 Å². The fourth-order valence-corrected chi connectivity index (χ4v) is 4.11. The highest BCUT2D eigenvalue weighted by molar-refractivity contribution is 5.96. The Morgan fingerprint density at radius 2 is 1.88 bits per heavy atom. The number of carbonyl (C=O) groups is 1. The number of aromatic amines is 1. The van der Waals surface area contributed by atoms with Crippen molar-refractivity contribution >= 4 is 17.6 Å². The van der Waals surface area contributed by atoms with E-state index in [0.29, 0.717) is 23.5 Å². The topological polar surface area (TPSA) is 85.4 Å². The summed E-state index contributed by atoms with van der Waals surface area (Å²) in [5, 5.41) is 14.5. The number of pyridine rings is 1. The number of allylic oxidation sites excluding steroid dienone is 2. The molecule has 1 amide bonds. The molecule has 1 saturated heterocycles. The van der Waals surface area contributed by atoms with Gasteiger partial charge < -0.3 is 20.3 Å². The summed E-state index contributed by atoms with van der Waals surface area (Å²) in [6, 6.07) is 6.23. The molecule has 0 aliphatic carbocycles. The Hall–Kier alpha value is -3.19. The van der Waals surface area contributed by atoms with Gasteiger partial charge in [-0.3, -0.25) is 9.59 Å². The first-order valence-electron chi connectivity index (χ1n) is 11.3. The number of H-pyrrole nitrogens is 1. The average Bonchev–Trinajstić information content (AvgIpc) is 3.27. The van der Waals surface area contributed by atoms with Crippen molar-refractivity contribution < 1.29 is 14.3 Å². The summed E-state index contributed by atoms with van der Waals surface area (Å²) in [6.07, 6.45) is 6.53. The lowest BCUT2D eigenvalue weighted by atomic mass is 10.0. The van der Waals surface area contributed by atoms with Crippen molar-refractivity contribution in [2.75, 3.05) is 26.2 Å². The average molecular weight is 454 g/mol. The van der Waals surface area contributed by atoms with E-state index in [0.717, 1.165) is 49.2 Å². The minimum absolute atomic E-state index is 0.273. The highest BCUT2D eigenvalue weighted by atomic mass is 19.1. The lowest BCUT2D eigenvalue weighted by Gasteiger charge is -2.15. The van der Waals surface area contributed by atoms with Gasteiger partial charge in [-0.1, -0.05) is 23.8 Å². The van der Waals surface area contributed by atoms with E-state index in [1.54, 1.807) is 18.2 Å². The fraction of sp³-hybridized carbons (Fsp3) is 0.385. The van der Waals surface area contributed by atoms with Crippen molar-refractivity contribution in [2.24, 2.45) is 0 Å². The number of aromatic hydroxyl groups is 1. The number of amides is 1. The van der Waals surface area contributed by atoms with Crippen LogP contribution in [0.25, 0.3) is 11.6 Å². The van der Waals surface area contributed by atoms with Gasteiger partial charge in [0, 0.05) is 18.3 Å². The minimum atomic E-state index is -0.639. The Labute approximate surface area is 193 Å². The molecule has 0 spiro atoms. The quantitative estimate of drug-likeness (QED) is 0.600. The number of rotatable bonds is 7. The van der Waals surface area contributed by atoms with Crippen LogP contribution in [-0.2, 0) is 6.42 Å². The first-order valence-corrected chi connectivity index (χ1v) is 11.3. The van der Waals surface area contributed by atoms with Crippen LogP contribution in [0.1, 0.15) is 49.5 Å². The lowest BCUT2D eigenvalue weighted by Crippen LogP contribution is -2.42. The smallest absolute Gasteiger partial charge is 0.265 e. The highest BCUT2D eigenvalue weighted by Gasteiger charge is 2.19. The van der Waals surface area contributed by atoms with Crippen LogP contribution in [0, 0.1) is 5.82 Å². The van der Waals surface area contributed by atoms with Crippen molar-refractivity contribution in [2.45, 2.75) is 40.0 Å². The molecule has 1 fully saturated rings. The van der Waals surface area contributed by atoms with Crippen LogP contribution in [0.3, 0.4) is 0 Å². The number of hydrogen-bond donors (Lipinski definition) is 3. The molecule has 1 aromatic carbocycles. The summed E-state index contributed by atoms with van der Waals surface area (Å²) in [5.74, 6) is -1.20. The molecule has 7 heteroatoms. The Kier molecular flexibility index (Phi) is 8.22. The molecule has 1 aliphatic rings. The molecular weight excluding hydrogens is 421 g/mol. The SMILES string of the molecule is C/C=C(\C=c1\[nH]c(=O)c(C(=O)NCCN2CCCC2)c(O)c1=C(C)C)Cc1ccc(F)cc1. The van der Waals surface area contributed by atoms with Crippen LogP contribution in [0.15, 0.2) is 40.7 Å². The zero-order valence-electron chi connectivity index (χ0n) is 19.5. The second-order valence-corrected chi connectivity index (χ2v) is 8.58. The third-order valence-electron chi connectivity index (χ3n) is 5.88. The molecule has 3 N–H and O–H groups in total. The van der Waals surface area contributed by atoms with E-state index in [9.17, 15) is 19.1 Å². The molecule has 2 aromatic rings. The lowest BCUT2D eigenvalue weighted by molar-refractivity contribution is 0.0945. The number of carbonyl (C=O) groups excluding carboxylic acids is 1. The van der Waals surface area contributed by atoms with Gasteiger partial charge in [0.15, 0.2) is 0 Å². The van der Waals surface area contributed by atoms with Crippen LogP contribution in [0.5, 0.6) is 5.75 Å². The van der Waals surface area contributed by atoms with E-state index in [-0.39, 0.29) is 17.1 Å². The predicted molar refractivity (Wildman–Crippen MR) is 129 cm³/mol. The monoisotopic (exact) mass is 453 g/mol. The van der Waals surface area contributed by atoms with Gasteiger partial charge in [0.05, 0.1) is 5.35 Å². The van der Waals surface area contributed by atoms with Gasteiger partial charge in [-0.25, -0.2) is 4.39 Å². The third-order valence-corrected chi connectivity index (χ3v) is 5.88. The van der Waals surface area contributed by atoms with Gasteiger partial charge in [0.2, 0.25) is 0 Å². The maximum atomic E-state index is 13.2. The first kappa shape index (κ1) is 24.5. The summed E-state index contributed by atoms with van der Waals surface area (Å²) >= 11 is 0. The molecule has 0 unspecified atom stereocenters. The largest absolute Gasteiger partial charge is 0.506 e. The summed E-state index contributed by atoms with van der Waals surface area (Å²) < 4.78 is 13.2. The summed E-state index contributed by atoms with van der Waals surface area (Å²) in [4.78, 5) is 30.5. The second-order valence-electron chi connectivity index (χ2n) is 8.58. The number of nitrogens with zero attached hydrogens (tertiary/aromatic N) is 1. The molecule has 0 radical (unpaired) electrons. The number of aromatic nitrogens is 1. The molecule has 1 aliphatic heterocycles. The number of hydrogen-bond acceptors (Lipinski definition) is 4. The molecule has 3 rings (SSSR count). The van der Waals surface area contributed by atoms with Gasteiger partial charge in [0.1, 0.15) is 17.1 Å². The highest BCUT2D eigenvalue weighted by Crippen LogP contribution is 2.11. The molecule has 0 atom stereocenters. The Morgan fingerprint density at radius 3 is 2.48 bits per heavy atom. The maximum Gasteiger partial charge on any atom is 0.265 e. The summed E-state index contributed by atoms with van der Waals surface area (Å²) in [7, 11) is 0. The van der Waals surface area contributed by atoms with Crippen molar-refractivity contribution in [3.05, 3.63) is 73.8 Å². The van der Waals surface area contributed by atoms with Crippen molar-refractivity contribution in [1.82, 2.24) is 15.2 Å². The Bertz CT molecular complexity index is 1200. The Morgan fingerprint density at radius 1 is 1.21 bits per heavy atom. The zero-order valence-corrected chi connectivity index (χ0v) is 19.5. The van der Waals surface area contributed by atoms with E-state index in [4.69, 9.17) is 0 Å². The van der Waals surface area contributed by atoms with E-state index in [2.05, 4.69) is 15.2 Å². The number of halogens is 1. The van der Waals surface area contributed by atoms with Crippen molar-refractivity contribution in [3.63, 3.8) is 0 Å². The van der Waals surface area contributed by atoms with Crippen LogP contribution < -0.4 is 21.4 Å². The van der Waals surface area contributed by atoms with E-state index in [1.165, 1.54) is 12.1 Å². The van der Waals surface area contributed by atoms with E-state index >= 15 is 0 Å². The number of nitrogens with one attached hydrogen (secondary N) is 2. The standard InChI is InChI=1S/C26H32FN3O3/c1-4-18(15-19-7-9-20(27)10-8-19)16-21-22(17(2)3)24(31)23(26(33)29-21)25(32)28-11-14-30-12-5-6-13-30/h4,7-10,16,31H,5-6,11-15H2,1-3H3,(H,28,32)(H,29,33)/b18-4-,21-16+. The molecule has 0 saturated carbocycles. The van der Waals surface area contributed by atoms with Gasteiger partial charge in [0.25, 0.3) is 11.5 Å². The molecule has 176 valence electrons. The molecule has 33 heavy (non-hydrogen) atoms. The Balaban J connectivity index is 1.91. The third kappa shape index (κ3) is 6.20. The van der Waals surface area contributed by atoms with E-state index < -0.39 is 11.5 Å². The molecular formula is C26H32FN3O3. The number of benzene rings is 1. The first-order chi connectivity index (χ1) is 15.8. The maximum absolute atomic E-state index is 13.2. The second kappa shape index (κ2) is 11.1. The van der Waals surface area contributed by atoms with Crippen molar-refractivity contribution in [3.8, 4) is 5.75 Å². The van der Waals surface area contributed by atoms with Crippen LogP contribution in [0.2, 0.25) is 0 Å². The minimum Gasteiger partial charge on any atom is -0.506 e. The zero-order chi connectivity index (χ0) is 24.0. The predicted octanol–water partition coefficient (Wildman–Crippen LogP) is 2.21. The number of likely N-dealkylation sites (tertiary alicyclic amines) is 1. The van der Waals surface area contributed by atoms with Crippen LogP contribution in [0.4, 0.5) is 4.39 Å². The van der Waals surface area contributed by atoms with Gasteiger partial charge in [-0.15, -0.1) is 0 Å². The summed E-state index contributed by atoms with van der Waals surface area (Å²) in [5.41, 5.74) is 1.64. The molecule has 1 aromatic heterocycles. The fourth-order valence-electron chi connectivity index (χ4n) is 4.11. The normalized spacial score (nSPS) is 15.2.